The van der Waals surface area contributed by atoms with Crippen LogP contribution in [0.15, 0.2) is 30.6 Å². The Hall–Kier alpha value is -2.36. The van der Waals surface area contributed by atoms with Crippen molar-refractivity contribution in [3.63, 3.8) is 0 Å². The Kier molecular flexibility index (Phi) is 4.84. The summed E-state index contributed by atoms with van der Waals surface area (Å²) in [6.07, 6.45) is 3.26. The van der Waals surface area contributed by atoms with Crippen molar-refractivity contribution in [2.24, 2.45) is 0 Å². The van der Waals surface area contributed by atoms with Gasteiger partial charge in [-0.1, -0.05) is 23.2 Å². The van der Waals surface area contributed by atoms with E-state index in [4.69, 9.17) is 33.2 Å². The minimum absolute atomic E-state index is 0.125. The molecule has 122 valence electrons. The first-order valence-electron chi connectivity index (χ1n) is 7.20. The zero-order valence-electron chi connectivity index (χ0n) is 12.4. The molecule has 1 aliphatic heterocycles. The standard InChI is InChI=1S/C16H12Cl2N4O2/c17-10-1-2-13(18)12(7-10)16(23)22-6-3-11(9-22)24-15-14(8-19)20-4-5-21-15/h1-2,4-5,7,11H,3,6,9H2. The second kappa shape index (κ2) is 7.04. The fraction of sp³-hybridized carbons (Fsp3) is 0.250. The summed E-state index contributed by atoms with van der Waals surface area (Å²) in [7, 11) is 0. The Morgan fingerprint density at radius 3 is 2.92 bits per heavy atom. The van der Waals surface area contributed by atoms with Gasteiger partial charge in [-0.05, 0) is 18.2 Å². The maximum Gasteiger partial charge on any atom is 0.255 e. The zero-order valence-corrected chi connectivity index (χ0v) is 14.0. The highest BCUT2D eigenvalue weighted by Crippen LogP contribution is 2.25. The molecule has 24 heavy (non-hydrogen) atoms. The molecule has 1 aliphatic rings. The van der Waals surface area contributed by atoms with Crippen molar-refractivity contribution in [1.82, 2.24) is 14.9 Å². The number of hydrogen-bond acceptors (Lipinski definition) is 5. The van der Waals surface area contributed by atoms with Crippen molar-refractivity contribution in [1.29, 1.82) is 5.26 Å². The van der Waals surface area contributed by atoms with Gasteiger partial charge in [0.05, 0.1) is 17.1 Å². The van der Waals surface area contributed by atoms with Crippen molar-refractivity contribution in [3.05, 3.63) is 51.9 Å². The number of likely N-dealkylation sites (tertiary alicyclic amines) is 1. The Morgan fingerprint density at radius 1 is 1.33 bits per heavy atom. The molecule has 0 N–H and O–H groups in total. The lowest BCUT2D eigenvalue weighted by Crippen LogP contribution is -2.31. The van der Waals surface area contributed by atoms with Crippen molar-refractivity contribution in [3.8, 4) is 11.9 Å². The van der Waals surface area contributed by atoms with Gasteiger partial charge >= 0.3 is 0 Å². The molecule has 0 aliphatic carbocycles. The van der Waals surface area contributed by atoms with Crippen LogP contribution in [0, 0.1) is 11.3 Å². The molecule has 1 fully saturated rings. The third-order valence-electron chi connectivity index (χ3n) is 3.64. The van der Waals surface area contributed by atoms with Gasteiger partial charge in [0.25, 0.3) is 11.8 Å². The van der Waals surface area contributed by atoms with Gasteiger partial charge in [-0.15, -0.1) is 0 Å². The van der Waals surface area contributed by atoms with Gasteiger partial charge < -0.3 is 9.64 Å². The fourth-order valence-corrected chi connectivity index (χ4v) is 2.86. The van der Waals surface area contributed by atoms with E-state index in [1.54, 1.807) is 23.1 Å². The molecule has 0 spiro atoms. The van der Waals surface area contributed by atoms with Crippen LogP contribution in [0.5, 0.6) is 5.88 Å². The molecule has 2 aromatic rings. The molecule has 0 saturated carbocycles. The van der Waals surface area contributed by atoms with Crippen LogP contribution in [-0.4, -0.2) is 40.0 Å². The largest absolute Gasteiger partial charge is 0.470 e. The Morgan fingerprint density at radius 2 is 2.12 bits per heavy atom. The maximum atomic E-state index is 12.6. The number of aromatic nitrogens is 2. The van der Waals surface area contributed by atoms with Crippen molar-refractivity contribution >= 4 is 29.1 Å². The van der Waals surface area contributed by atoms with E-state index in [-0.39, 0.29) is 23.6 Å². The predicted octanol–water partition coefficient (Wildman–Crippen LogP) is 2.95. The summed E-state index contributed by atoms with van der Waals surface area (Å²) in [6, 6.07) is 6.71. The second-order valence-corrected chi connectivity index (χ2v) is 6.07. The quantitative estimate of drug-likeness (QED) is 0.838. The number of halogens is 2. The number of carbonyl (C=O) groups excluding carboxylic acids is 1. The lowest BCUT2D eigenvalue weighted by atomic mass is 10.2. The first-order valence-corrected chi connectivity index (χ1v) is 7.96. The van der Waals surface area contributed by atoms with Crippen LogP contribution >= 0.6 is 23.2 Å². The highest BCUT2D eigenvalue weighted by molar-refractivity contribution is 6.35. The highest BCUT2D eigenvalue weighted by Gasteiger charge is 2.30. The first kappa shape index (κ1) is 16.5. The SMILES string of the molecule is N#Cc1nccnc1OC1CCN(C(=O)c2cc(Cl)ccc2Cl)C1. The number of amides is 1. The third-order valence-corrected chi connectivity index (χ3v) is 4.20. The average Bonchev–Trinajstić information content (AvgIpc) is 3.05. The number of hydrogen-bond donors (Lipinski definition) is 0. The predicted molar refractivity (Wildman–Crippen MR) is 88.1 cm³/mol. The van der Waals surface area contributed by atoms with Crippen LogP contribution in [0.25, 0.3) is 0 Å². The van der Waals surface area contributed by atoms with Crippen molar-refractivity contribution in [2.75, 3.05) is 13.1 Å². The van der Waals surface area contributed by atoms with E-state index in [0.717, 1.165) is 0 Å². The summed E-state index contributed by atoms with van der Waals surface area (Å²) >= 11 is 12.0. The number of ether oxygens (including phenoxy) is 1. The molecule has 0 radical (unpaired) electrons. The molecule has 1 aromatic carbocycles. The summed E-state index contributed by atoms with van der Waals surface area (Å²) in [4.78, 5) is 22.2. The van der Waals surface area contributed by atoms with E-state index < -0.39 is 0 Å². The smallest absolute Gasteiger partial charge is 0.255 e. The van der Waals surface area contributed by atoms with Gasteiger partial charge in [-0.3, -0.25) is 4.79 Å². The van der Waals surface area contributed by atoms with Gasteiger partial charge in [0.15, 0.2) is 0 Å². The summed E-state index contributed by atoms with van der Waals surface area (Å²) in [5.74, 6) is -0.0201. The van der Waals surface area contributed by atoms with Crippen LogP contribution in [0.1, 0.15) is 22.5 Å². The normalized spacial score (nSPS) is 16.7. The molecule has 1 aromatic heterocycles. The molecule has 2 heterocycles. The number of carbonyl (C=O) groups is 1. The lowest BCUT2D eigenvalue weighted by Gasteiger charge is -2.18. The lowest BCUT2D eigenvalue weighted by molar-refractivity contribution is 0.0771. The van der Waals surface area contributed by atoms with Gasteiger partial charge in [0.2, 0.25) is 5.69 Å². The molecule has 1 amide bonds. The van der Waals surface area contributed by atoms with E-state index in [9.17, 15) is 4.79 Å². The van der Waals surface area contributed by atoms with E-state index >= 15 is 0 Å². The zero-order chi connectivity index (χ0) is 17.1. The van der Waals surface area contributed by atoms with E-state index in [1.165, 1.54) is 12.4 Å². The minimum atomic E-state index is -0.254. The highest BCUT2D eigenvalue weighted by atomic mass is 35.5. The van der Waals surface area contributed by atoms with Gasteiger partial charge in [-0.25, -0.2) is 9.97 Å². The monoisotopic (exact) mass is 362 g/mol. The van der Waals surface area contributed by atoms with E-state index in [0.29, 0.717) is 35.1 Å². The minimum Gasteiger partial charge on any atom is -0.470 e. The number of nitrogens with zero attached hydrogens (tertiary/aromatic N) is 4. The summed E-state index contributed by atoms with van der Waals surface area (Å²) in [5.41, 5.74) is 0.488. The second-order valence-electron chi connectivity index (χ2n) is 5.23. The molecule has 3 rings (SSSR count). The molecule has 0 bridgehead atoms. The van der Waals surface area contributed by atoms with Crippen LogP contribution in [-0.2, 0) is 0 Å². The first-order chi connectivity index (χ1) is 11.6. The molecule has 1 atom stereocenters. The molecule has 8 heteroatoms. The van der Waals surface area contributed by atoms with Gasteiger partial charge in [-0.2, -0.15) is 5.26 Å². The van der Waals surface area contributed by atoms with E-state index in [1.807, 2.05) is 6.07 Å². The Bertz CT molecular complexity index is 822. The van der Waals surface area contributed by atoms with Crippen molar-refractivity contribution in [2.45, 2.75) is 12.5 Å². The Balaban J connectivity index is 1.70. The molecule has 6 nitrogen and oxygen atoms in total. The summed E-state index contributed by atoms with van der Waals surface area (Å²) < 4.78 is 5.72. The van der Waals surface area contributed by atoms with Crippen LogP contribution in [0.3, 0.4) is 0 Å². The molecular weight excluding hydrogens is 351 g/mol. The van der Waals surface area contributed by atoms with Crippen LogP contribution < -0.4 is 4.74 Å². The van der Waals surface area contributed by atoms with Crippen LogP contribution in [0.4, 0.5) is 0 Å². The van der Waals surface area contributed by atoms with Gasteiger partial charge in [0, 0.05) is 30.4 Å². The number of nitriles is 1. The molecular formula is C16H12Cl2N4O2. The molecule has 1 unspecified atom stereocenters. The Labute approximate surface area is 148 Å². The topological polar surface area (TPSA) is 79.1 Å². The number of rotatable bonds is 3. The fourth-order valence-electron chi connectivity index (χ4n) is 2.49. The van der Waals surface area contributed by atoms with Crippen molar-refractivity contribution < 1.29 is 9.53 Å². The van der Waals surface area contributed by atoms with Gasteiger partial charge in [0.1, 0.15) is 12.2 Å². The summed E-state index contributed by atoms with van der Waals surface area (Å²) in [5, 5.41) is 9.82. The average molecular weight is 363 g/mol. The van der Waals surface area contributed by atoms with Crippen LogP contribution in [0.2, 0.25) is 10.0 Å². The molecule has 1 saturated heterocycles. The third kappa shape index (κ3) is 3.42. The summed E-state index contributed by atoms with van der Waals surface area (Å²) in [6.45, 7) is 0.900. The van der Waals surface area contributed by atoms with E-state index in [2.05, 4.69) is 9.97 Å². The maximum absolute atomic E-state index is 12.6. The number of benzene rings is 1.